The second kappa shape index (κ2) is 7.31. The number of nitrogens with zero attached hydrogens (tertiary/aromatic N) is 2. The standard InChI is InChI=1S/C16H21F3N2O2/c1-12(22)11-20-6-8-21(9-7-20)15(23)10-13-4-2-3-5-14(13)16(17,18)19/h2-5,12,22H,6-11H2,1H3. The van der Waals surface area contributed by atoms with E-state index in [1.807, 2.05) is 4.90 Å². The molecule has 0 saturated carbocycles. The Morgan fingerprint density at radius 2 is 1.83 bits per heavy atom. The van der Waals surface area contributed by atoms with Crippen LogP contribution in [0.3, 0.4) is 0 Å². The van der Waals surface area contributed by atoms with Crippen molar-refractivity contribution in [1.29, 1.82) is 0 Å². The lowest BCUT2D eigenvalue weighted by Gasteiger charge is -2.35. The Kier molecular flexibility index (Phi) is 5.64. The van der Waals surface area contributed by atoms with Gasteiger partial charge in [-0.15, -0.1) is 0 Å². The van der Waals surface area contributed by atoms with Crippen LogP contribution >= 0.6 is 0 Å². The Bertz CT molecular complexity index is 538. The minimum absolute atomic E-state index is 0.0106. The fourth-order valence-corrected chi connectivity index (χ4v) is 2.78. The lowest BCUT2D eigenvalue weighted by Crippen LogP contribution is -2.50. The van der Waals surface area contributed by atoms with Gasteiger partial charge in [0.1, 0.15) is 0 Å². The Morgan fingerprint density at radius 1 is 1.22 bits per heavy atom. The number of carbonyl (C=O) groups is 1. The first-order chi connectivity index (χ1) is 10.8. The third-order valence-corrected chi connectivity index (χ3v) is 3.91. The normalized spacial score (nSPS) is 18.0. The van der Waals surface area contributed by atoms with E-state index < -0.39 is 17.8 Å². The molecular weight excluding hydrogens is 309 g/mol. The average Bonchev–Trinajstić information content (AvgIpc) is 2.46. The molecule has 1 saturated heterocycles. The summed E-state index contributed by atoms with van der Waals surface area (Å²) in [6.45, 7) is 4.43. The SMILES string of the molecule is CC(O)CN1CCN(C(=O)Cc2ccccc2C(F)(F)F)CC1. The van der Waals surface area contributed by atoms with E-state index in [-0.39, 0.29) is 17.9 Å². The number of carbonyl (C=O) groups excluding carboxylic acids is 1. The highest BCUT2D eigenvalue weighted by Crippen LogP contribution is 2.32. The number of amides is 1. The number of hydrogen-bond donors (Lipinski definition) is 1. The van der Waals surface area contributed by atoms with Gasteiger partial charge in [0.2, 0.25) is 5.91 Å². The summed E-state index contributed by atoms with van der Waals surface area (Å²) >= 11 is 0. The number of piperazine rings is 1. The minimum Gasteiger partial charge on any atom is -0.392 e. The molecule has 23 heavy (non-hydrogen) atoms. The molecule has 1 atom stereocenters. The summed E-state index contributed by atoms with van der Waals surface area (Å²) in [6.07, 6.45) is -5.13. The van der Waals surface area contributed by atoms with Crippen LogP contribution in [0, 0.1) is 0 Å². The Balaban J connectivity index is 1.96. The van der Waals surface area contributed by atoms with Crippen molar-refractivity contribution in [3.8, 4) is 0 Å². The maximum atomic E-state index is 13.0. The molecule has 0 bridgehead atoms. The van der Waals surface area contributed by atoms with Gasteiger partial charge in [0.25, 0.3) is 0 Å². The summed E-state index contributed by atoms with van der Waals surface area (Å²) < 4.78 is 38.9. The zero-order valence-electron chi connectivity index (χ0n) is 13.0. The number of hydrogen-bond acceptors (Lipinski definition) is 3. The molecule has 1 aromatic carbocycles. The molecular formula is C16H21F3N2O2. The third kappa shape index (κ3) is 4.94. The molecule has 0 spiro atoms. The molecule has 0 aromatic heterocycles. The van der Waals surface area contributed by atoms with Crippen LogP contribution in [0.4, 0.5) is 13.2 Å². The van der Waals surface area contributed by atoms with E-state index in [9.17, 15) is 23.1 Å². The summed E-state index contributed by atoms with van der Waals surface area (Å²) in [6, 6.07) is 5.19. The topological polar surface area (TPSA) is 43.8 Å². The van der Waals surface area contributed by atoms with Crippen LogP contribution in [0.25, 0.3) is 0 Å². The van der Waals surface area contributed by atoms with E-state index >= 15 is 0 Å². The van der Waals surface area contributed by atoms with E-state index in [0.717, 1.165) is 6.07 Å². The van der Waals surface area contributed by atoms with Crippen LogP contribution in [0.2, 0.25) is 0 Å². The zero-order chi connectivity index (χ0) is 17.0. The number of alkyl halides is 3. The molecule has 1 aromatic rings. The Labute approximate surface area is 133 Å². The molecule has 1 heterocycles. The Morgan fingerprint density at radius 3 is 2.39 bits per heavy atom. The molecule has 2 rings (SSSR count). The van der Waals surface area contributed by atoms with Crippen molar-refractivity contribution in [2.75, 3.05) is 32.7 Å². The molecule has 1 N–H and O–H groups in total. The molecule has 1 amide bonds. The van der Waals surface area contributed by atoms with Gasteiger partial charge in [-0.3, -0.25) is 9.69 Å². The van der Waals surface area contributed by atoms with Crippen molar-refractivity contribution < 1.29 is 23.1 Å². The number of rotatable bonds is 4. The van der Waals surface area contributed by atoms with Crippen molar-refractivity contribution in [3.05, 3.63) is 35.4 Å². The summed E-state index contributed by atoms with van der Waals surface area (Å²) in [5, 5.41) is 9.35. The maximum Gasteiger partial charge on any atom is 0.416 e. The van der Waals surface area contributed by atoms with Crippen molar-refractivity contribution in [2.45, 2.75) is 25.6 Å². The number of halogens is 3. The minimum atomic E-state index is -4.45. The monoisotopic (exact) mass is 330 g/mol. The molecule has 1 fully saturated rings. The molecule has 1 aliphatic rings. The summed E-state index contributed by atoms with van der Waals surface area (Å²) in [5.74, 6) is -0.293. The molecule has 0 radical (unpaired) electrons. The zero-order valence-corrected chi connectivity index (χ0v) is 13.0. The number of benzene rings is 1. The number of aliphatic hydroxyl groups excluding tert-OH is 1. The lowest BCUT2D eigenvalue weighted by molar-refractivity contribution is -0.138. The van der Waals surface area contributed by atoms with Crippen molar-refractivity contribution in [3.63, 3.8) is 0 Å². The smallest absolute Gasteiger partial charge is 0.392 e. The van der Waals surface area contributed by atoms with Crippen molar-refractivity contribution in [2.24, 2.45) is 0 Å². The van der Waals surface area contributed by atoms with Crippen LogP contribution in [0.15, 0.2) is 24.3 Å². The van der Waals surface area contributed by atoms with Crippen LogP contribution in [0.1, 0.15) is 18.1 Å². The van der Waals surface area contributed by atoms with Gasteiger partial charge >= 0.3 is 6.18 Å². The van der Waals surface area contributed by atoms with Gasteiger partial charge in [-0.1, -0.05) is 18.2 Å². The number of β-amino-alcohol motifs (C(OH)–C–C–N with tert-alkyl or cyclic N) is 1. The fraction of sp³-hybridized carbons (Fsp3) is 0.562. The van der Waals surface area contributed by atoms with E-state index in [1.54, 1.807) is 11.8 Å². The van der Waals surface area contributed by atoms with Crippen molar-refractivity contribution >= 4 is 5.91 Å². The van der Waals surface area contributed by atoms with E-state index in [0.29, 0.717) is 32.7 Å². The first-order valence-corrected chi connectivity index (χ1v) is 7.60. The summed E-state index contributed by atoms with van der Waals surface area (Å²) in [7, 11) is 0. The fourth-order valence-electron chi connectivity index (χ4n) is 2.78. The highest BCUT2D eigenvalue weighted by atomic mass is 19.4. The van der Waals surface area contributed by atoms with E-state index in [1.165, 1.54) is 18.2 Å². The van der Waals surface area contributed by atoms with Crippen LogP contribution in [0.5, 0.6) is 0 Å². The molecule has 0 aliphatic carbocycles. The van der Waals surface area contributed by atoms with Gasteiger partial charge in [0.15, 0.2) is 0 Å². The number of aliphatic hydroxyl groups is 1. The molecule has 128 valence electrons. The highest BCUT2D eigenvalue weighted by molar-refractivity contribution is 5.79. The van der Waals surface area contributed by atoms with Crippen LogP contribution in [-0.2, 0) is 17.4 Å². The van der Waals surface area contributed by atoms with Gasteiger partial charge in [-0.2, -0.15) is 13.2 Å². The van der Waals surface area contributed by atoms with E-state index in [4.69, 9.17) is 0 Å². The Hall–Kier alpha value is -1.60. The average molecular weight is 330 g/mol. The predicted octanol–water partition coefficient (Wildman–Crippen LogP) is 1.77. The first-order valence-electron chi connectivity index (χ1n) is 7.60. The molecule has 1 aliphatic heterocycles. The first kappa shape index (κ1) is 17.7. The van der Waals surface area contributed by atoms with Gasteiger partial charge in [0.05, 0.1) is 18.1 Å². The lowest BCUT2D eigenvalue weighted by atomic mass is 10.0. The van der Waals surface area contributed by atoms with Crippen LogP contribution in [-0.4, -0.2) is 59.6 Å². The second-order valence-corrected chi connectivity index (χ2v) is 5.86. The predicted molar refractivity (Wildman–Crippen MR) is 79.8 cm³/mol. The second-order valence-electron chi connectivity index (χ2n) is 5.86. The largest absolute Gasteiger partial charge is 0.416 e. The third-order valence-electron chi connectivity index (χ3n) is 3.91. The van der Waals surface area contributed by atoms with Crippen molar-refractivity contribution in [1.82, 2.24) is 9.80 Å². The quantitative estimate of drug-likeness (QED) is 0.915. The van der Waals surface area contributed by atoms with Gasteiger partial charge in [0, 0.05) is 32.7 Å². The van der Waals surface area contributed by atoms with Gasteiger partial charge in [-0.05, 0) is 18.6 Å². The molecule has 4 nitrogen and oxygen atoms in total. The van der Waals surface area contributed by atoms with Gasteiger partial charge < -0.3 is 10.0 Å². The summed E-state index contributed by atoms with van der Waals surface area (Å²) in [4.78, 5) is 15.9. The molecule has 1 unspecified atom stereocenters. The highest BCUT2D eigenvalue weighted by Gasteiger charge is 2.34. The van der Waals surface area contributed by atoms with Gasteiger partial charge in [-0.25, -0.2) is 0 Å². The molecule has 7 heteroatoms. The van der Waals surface area contributed by atoms with E-state index in [2.05, 4.69) is 0 Å². The maximum absolute atomic E-state index is 13.0. The summed E-state index contributed by atoms with van der Waals surface area (Å²) in [5.41, 5.74) is -0.738. The van der Waals surface area contributed by atoms with Crippen LogP contribution < -0.4 is 0 Å².